The van der Waals surface area contributed by atoms with E-state index in [1.54, 1.807) is 0 Å². The second-order valence-electron chi connectivity index (χ2n) is 8.13. The molecule has 6 aromatic rings. The number of benzene rings is 4. The van der Waals surface area contributed by atoms with Crippen LogP contribution < -0.4 is 5.63 Å². The highest BCUT2D eigenvalue weighted by atomic mass is 16.4. The summed E-state index contributed by atoms with van der Waals surface area (Å²) < 4.78 is 11.8. The Morgan fingerprint density at radius 2 is 1.52 bits per heavy atom. The highest BCUT2D eigenvalue weighted by molar-refractivity contribution is 6.20. The first-order valence-electron chi connectivity index (χ1n) is 10.7. The number of aryl methyl sites for hydroxylation is 1. The number of ketones is 1. The monoisotopic (exact) mass is 430 g/mol. The van der Waals surface area contributed by atoms with E-state index in [2.05, 4.69) is 0 Å². The van der Waals surface area contributed by atoms with E-state index >= 15 is 0 Å². The lowest BCUT2D eigenvalue weighted by Crippen LogP contribution is -2.02. The Kier molecular flexibility index (Phi) is 4.27. The Morgan fingerprint density at radius 3 is 2.33 bits per heavy atom. The van der Waals surface area contributed by atoms with Gasteiger partial charge >= 0.3 is 5.63 Å². The minimum absolute atomic E-state index is 0.223. The van der Waals surface area contributed by atoms with E-state index in [4.69, 9.17) is 8.83 Å². The van der Waals surface area contributed by atoms with Crippen LogP contribution in [-0.4, -0.2) is 5.78 Å². The van der Waals surface area contributed by atoms with E-state index in [1.165, 1.54) is 6.07 Å². The second-order valence-corrected chi connectivity index (χ2v) is 8.13. The van der Waals surface area contributed by atoms with E-state index in [1.807, 2.05) is 91.9 Å². The van der Waals surface area contributed by atoms with Crippen LogP contribution >= 0.6 is 0 Å². The lowest BCUT2D eigenvalue weighted by Gasteiger charge is -2.06. The van der Waals surface area contributed by atoms with Crippen LogP contribution in [0.3, 0.4) is 0 Å². The van der Waals surface area contributed by atoms with Gasteiger partial charge < -0.3 is 8.83 Å². The van der Waals surface area contributed by atoms with Gasteiger partial charge in [0.2, 0.25) is 5.78 Å². The summed E-state index contributed by atoms with van der Waals surface area (Å²) in [6.07, 6.45) is 0. The van der Waals surface area contributed by atoms with Gasteiger partial charge in [0.25, 0.3) is 0 Å². The fourth-order valence-corrected chi connectivity index (χ4v) is 4.46. The number of carbonyl (C=O) groups is 1. The zero-order valence-electron chi connectivity index (χ0n) is 17.8. The van der Waals surface area contributed by atoms with Gasteiger partial charge in [-0.1, -0.05) is 66.7 Å². The topological polar surface area (TPSA) is 60.4 Å². The van der Waals surface area contributed by atoms with Crippen molar-refractivity contribution in [2.45, 2.75) is 6.92 Å². The lowest BCUT2D eigenvalue weighted by molar-refractivity contribution is 0.101. The number of hydrogen-bond acceptors (Lipinski definition) is 4. The van der Waals surface area contributed by atoms with Crippen LogP contribution in [0.1, 0.15) is 21.7 Å². The summed E-state index contributed by atoms with van der Waals surface area (Å²) in [6, 6.07) is 28.3. The summed E-state index contributed by atoms with van der Waals surface area (Å²) in [7, 11) is 0. The third-order valence-corrected chi connectivity index (χ3v) is 6.05. The van der Waals surface area contributed by atoms with Crippen molar-refractivity contribution in [1.82, 2.24) is 0 Å². The molecule has 0 aliphatic rings. The molecule has 0 saturated carbocycles. The molecule has 4 heteroatoms. The summed E-state index contributed by atoms with van der Waals surface area (Å²) in [5.74, 6) is 0.00194. The van der Waals surface area contributed by atoms with Crippen molar-refractivity contribution in [3.05, 3.63) is 118 Å². The Hall–Kier alpha value is -4.44. The fourth-order valence-electron chi connectivity index (χ4n) is 4.46. The van der Waals surface area contributed by atoms with Gasteiger partial charge in [-0.25, -0.2) is 4.79 Å². The average molecular weight is 430 g/mol. The molecular formula is C29H18O4. The number of fused-ring (bicyclic) bond motifs is 4. The molecule has 0 saturated heterocycles. The largest absolute Gasteiger partial charge is 0.452 e. The molecule has 0 spiro atoms. The summed E-state index contributed by atoms with van der Waals surface area (Å²) in [4.78, 5) is 26.0. The maximum Gasteiger partial charge on any atom is 0.336 e. The van der Waals surface area contributed by atoms with Crippen molar-refractivity contribution < 1.29 is 13.6 Å². The molecule has 4 aromatic carbocycles. The molecule has 0 fully saturated rings. The maximum atomic E-state index is 13.7. The van der Waals surface area contributed by atoms with Gasteiger partial charge in [-0.3, -0.25) is 4.79 Å². The van der Waals surface area contributed by atoms with Crippen LogP contribution in [0.25, 0.3) is 43.8 Å². The molecule has 0 bridgehead atoms. The summed E-state index contributed by atoms with van der Waals surface area (Å²) in [5, 5.41) is 3.48. The molecule has 33 heavy (non-hydrogen) atoms. The molecule has 0 aliphatic heterocycles. The summed E-state index contributed by atoms with van der Waals surface area (Å²) in [6.45, 7) is 1.87. The van der Waals surface area contributed by atoms with Crippen LogP contribution in [0.2, 0.25) is 0 Å². The number of carbonyl (C=O) groups excluding carboxylic acids is 1. The SMILES string of the molecule is Cc1cc(=O)oc2c1ccc1oc(C(=O)c3ccc4ccccc4c3)c(-c3ccccc3)c12. The minimum atomic E-state index is -0.435. The first kappa shape index (κ1) is 19.3. The van der Waals surface area contributed by atoms with Crippen molar-refractivity contribution in [3.63, 3.8) is 0 Å². The van der Waals surface area contributed by atoms with Crippen molar-refractivity contribution >= 4 is 38.5 Å². The third kappa shape index (κ3) is 3.07. The van der Waals surface area contributed by atoms with Crippen LogP contribution in [0, 0.1) is 6.92 Å². The van der Waals surface area contributed by atoms with Crippen molar-refractivity contribution in [1.29, 1.82) is 0 Å². The van der Waals surface area contributed by atoms with Gasteiger partial charge in [0.05, 0.1) is 5.39 Å². The van der Waals surface area contributed by atoms with E-state index in [0.29, 0.717) is 27.7 Å². The molecule has 0 radical (unpaired) electrons. The van der Waals surface area contributed by atoms with Gasteiger partial charge in [0.15, 0.2) is 5.76 Å². The standard InChI is InChI=1S/C29H18O4/c1-17-15-24(30)33-28-22(17)13-14-23-26(28)25(19-8-3-2-4-9-19)29(32-23)27(31)21-12-11-18-7-5-6-10-20(18)16-21/h2-16H,1H3. The lowest BCUT2D eigenvalue weighted by atomic mass is 9.95. The van der Waals surface area contributed by atoms with E-state index < -0.39 is 5.63 Å². The Bertz CT molecular complexity index is 1750. The molecule has 0 unspecified atom stereocenters. The normalized spacial score (nSPS) is 11.4. The van der Waals surface area contributed by atoms with Crippen molar-refractivity contribution in [3.8, 4) is 11.1 Å². The van der Waals surface area contributed by atoms with Gasteiger partial charge in [-0.2, -0.15) is 0 Å². The van der Waals surface area contributed by atoms with E-state index in [-0.39, 0.29) is 11.5 Å². The molecule has 158 valence electrons. The summed E-state index contributed by atoms with van der Waals surface area (Å²) >= 11 is 0. The smallest absolute Gasteiger partial charge is 0.336 e. The molecule has 4 nitrogen and oxygen atoms in total. The first-order valence-corrected chi connectivity index (χ1v) is 10.7. The molecule has 0 aliphatic carbocycles. The molecule has 0 atom stereocenters. The second kappa shape index (κ2) is 7.31. The maximum absolute atomic E-state index is 13.7. The minimum Gasteiger partial charge on any atom is -0.452 e. The Labute approximate surface area is 188 Å². The third-order valence-electron chi connectivity index (χ3n) is 6.05. The molecular weight excluding hydrogens is 412 g/mol. The highest BCUT2D eigenvalue weighted by Crippen LogP contribution is 2.40. The summed E-state index contributed by atoms with van der Waals surface area (Å²) in [5.41, 5.74) is 3.28. The van der Waals surface area contributed by atoms with Crippen LogP contribution in [0.15, 0.2) is 105 Å². The van der Waals surface area contributed by atoms with Gasteiger partial charge in [0.1, 0.15) is 11.2 Å². The van der Waals surface area contributed by atoms with Crippen LogP contribution in [-0.2, 0) is 0 Å². The highest BCUT2D eigenvalue weighted by Gasteiger charge is 2.26. The quantitative estimate of drug-likeness (QED) is 0.226. The van der Waals surface area contributed by atoms with E-state index in [0.717, 1.165) is 27.3 Å². The van der Waals surface area contributed by atoms with Gasteiger partial charge in [-0.15, -0.1) is 0 Å². The zero-order valence-corrected chi connectivity index (χ0v) is 17.8. The van der Waals surface area contributed by atoms with Crippen molar-refractivity contribution in [2.75, 3.05) is 0 Å². The molecule has 0 amide bonds. The number of furan rings is 1. The molecule has 2 heterocycles. The van der Waals surface area contributed by atoms with Crippen LogP contribution in [0.5, 0.6) is 0 Å². The predicted molar refractivity (Wildman–Crippen MR) is 130 cm³/mol. The average Bonchev–Trinajstić information content (AvgIpc) is 3.24. The molecule has 6 rings (SSSR count). The molecule has 0 N–H and O–H groups in total. The van der Waals surface area contributed by atoms with E-state index in [9.17, 15) is 9.59 Å². The van der Waals surface area contributed by atoms with Crippen LogP contribution in [0.4, 0.5) is 0 Å². The van der Waals surface area contributed by atoms with Gasteiger partial charge in [-0.05, 0) is 47.0 Å². The fraction of sp³-hybridized carbons (Fsp3) is 0.0345. The van der Waals surface area contributed by atoms with Gasteiger partial charge in [0, 0.05) is 22.6 Å². The Morgan fingerprint density at radius 1 is 0.758 bits per heavy atom. The molecule has 2 aromatic heterocycles. The Balaban J connectivity index is 1.68. The van der Waals surface area contributed by atoms with Crippen molar-refractivity contribution in [2.24, 2.45) is 0 Å². The zero-order chi connectivity index (χ0) is 22.5. The predicted octanol–water partition coefficient (Wildman–Crippen LogP) is 6.90. The number of rotatable bonds is 3. The number of hydrogen-bond donors (Lipinski definition) is 0. The first-order chi connectivity index (χ1) is 16.1.